The van der Waals surface area contributed by atoms with Crippen LogP contribution in [-0.4, -0.2) is 7.11 Å². The van der Waals surface area contributed by atoms with Gasteiger partial charge >= 0.3 is 5.95 Å². The number of methoxy groups -OCH3 is 1. The average molecular weight is 258 g/mol. The van der Waals surface area contributed by atoms with Crippen molar-refractivity contribution < 1.29 is 23.7 Å². The van der Waals surface area contributed by atoms with Crippen LogP contribution in [0.25, 0.3) is 0 Å². The Balaban J connectivity index is 1.68. The topological polar surface area (TPSA) is 49.5 Å². The summed E-state index contributed by atoms with van der Waals surface area (Å²) >= 11 is 0. The first-order valence-electron chi connectivity index (χ1n) is 5.83. The Morgan fingerprint density at radius 1 is 1.00 bits per heavy atom. The zero-order valence-electron chi connectivity index (χ0n) is 10.1. The molecule has 1 fully saturated rings. The van der Waals surface area contributed by atoms with E-state index in [9.17, 15) is 0 Å². The lowest BCUT2D eigenvalue weighted by Crippen LogP contribution is -2.16. The van der Waals surface area contributed by atoms with E-state index in [-0.39, 0.29) is 0 Å². The molecule has 0 spiro atoms. The third kappa shape index (κ3) is 1.55. The van der Waals surface area contributed by atoms with Crippen LogP contribution in [0.5, 0.6) is 0 Å². The molecular weight excluding hydrogens is 248 g/mol. The van der Waals surface area contributed by atoms with E-state index in [2.05, 4.69) is 0 Å². The zero-order chi connectivity index (χ0) is 12.8. The summed E-state index contributed by atoms with van der Waals surface area (Å²) in [5, 5.41) is 0. The molecule has 5 nitrogen and oxygen atoms in total. The van der Waals surface area contributed by atoms with Crippen LogP contribution in [0, 0.1) is 0 Å². The molecule has 0 amide bonds. The second kappa shape index (κ2) is 3.71. The van der Waals surface area contributed by atoms with Crippen molar-refractivity contribution in [3.63, 3.8) is 0 Å². The van der Waals surface area contributed by atoms with Gasteiger partial charge in [-0.15, -0.1) is 0 Å². The highest BCUT2D eigenvalue weighted by Crippen LogP contribution is 2.48. The highest BCUT2D eigenvalue weighted by Gasteiger charge is 2.46. The summed E-state index contributed by atoms with van der Waals surface area (Å²) < 4.78 is 27.1. The minimum atomic E-state index is -0.495. The summed E-state index contributed by atoms with van der Waals surface area (Å²) in [5.74, 6) is 2.58. The van der Waals surface area contributed by atoms with Crippen LogP contribution in [0.3, 0.4) is 0 Å². The zero-order valence-corrected chi connectivity index (χ0v) is 10.1. The number of hydrogen-bond donors (Lipinski definition) is 0. The van der Waals surface area contributed by atoms with Crippen molar-refractivity contribution in [2.24, 2.45) is 0 Å². The number of epoxide rings is 1. The normalized spacial score (nSPS) is 23.0. The van der Waals surface area contributed by atoms with Gasteiger partial charge in [0.25, 0.3) is 12.0 Å². The van der Waals surface area contributed by atoms with Gasteiger partial charge < -0.3 is 23.7 Å². The van der Waals surface area contributed by atoms with Crippen LogP contribution in [0.15, 0.2) is 65.6 Å². The van der Waals surface area contributed by atoms with E-state index in [1.807, 2.05) is 30.3 Å². The van der Waals surface area contributed by atoms with Crippen LogP contribution in [0.2, 0.25) is 0 Å². The van der Waals surface area contributed by atoms with Gasteiger partial charge in [0.1, 0.15) is 6.26 Å². The van der Waals surface area contributed by atoms with Crippen molar-refractivity contribution in [2.75, 3.05) is 7.11 Å². The largest absolute Gasteiger partial charge is 0.466 e. The van der Waals surface area contributed by atoms with E-state index in [0.29, 0.717) is 29.0 Å². The molecule has 3 heterocycles. The molecule has 1 unspecified atom stereocenters. The van der Waals surface area contributed by atoms with E-state index < -0.39 is 6.29 Å². The molecule has 0 saturated carbocycles. The molecule has 0 radical (unpaired) electrons. The number of benzene rings is 1. The smallest absolute Gasteiger partial charge is 0.333 e. The predicted octanol–water partition coefficient (Wildman–Crippen LogP) is 2.66. The molecule has 19 heavy (non-hydrogen) atoms. The summed E-state index contributed by atoms with van der Waals surface area (Å²) in [6.07, 6.45) is 1.02. The molecule has 1 atom stereocenters. The van der Waals surface area contributed by atoms with Crippen LogP contribution in [-0.2, 0) is 23.7 Å². The van der Waals surface area contributed by atoms with Gasteiger partial charge in [0.05, 0.1) is 7.11 Å². The van der Waals surface area contributed by atoms with Crippen LogP contribution in [0.1, 0.15) is 11.9 Å². The third-order valence-electron chi connectivity index (χ3n) is 2.97. The minimum Gasteiger partial charge on any atom is -0.466 e. The Labute approximate surface area is 109 Å². The van der Waals surface area contributed by atoms with Crippen LogP contribution in [0.4, 0.5) is 0 Å². The van der Waals surface area contributed by atoms with Crippen molar-refractivity contribution >= 4 is 0 Å². The first-order valence-corrected chi connectivity index (χ1v) is 5.83. The summed E-state index contributed by atoms with van der Waals surface area (Å²) in [4.78, 5) is 0. The van der Waals surface area contributed by atoms with E-state index in [1.54, 1.807) is 0 Å². The second-order valence-electron chi connectivity index (χ2n) is 4.16. The lowest BCUT2D eigenvalue weighted by atomic mass is 10.2. The highest BCUT2D eigenvalue weighted by atomic mass is 16.7. The van der Waals surface area contributed by atoms with E-state index in [4.69, 9.17) is 23.7 Å². The second-order valence-corrected chi connectivity index (χ2v) is 4.16. The van der Waals surface area contributed by atoms with Crippen molar-refractivity contribution in [1.82, 2.24) is 0 Å². The summed E-state index contributed by atoms with van der Waals surface area (Å²) in [5.41, 5.74) is 0.926. The number of fused-ring (bicyclic) bond motifs is 2. The average Bonchev–Trinajstić information content (AvgIpc) is 3.27. The number of hydrogen-bond acceptors (Lipinski definition) is 5. The fraction of sp³-hybridized carbons (Fsp3) is 0.143. The van der Waals surface area contributed by atoms with Crippen molar-refractivity contribution in [1.29, 1.82) is 0 Å². The standard InChI is InChI=1S/C14H10O5/c1-15-14-12-11(18-12)10-9(17-14)7-16-13(19-10)8-5-3-2-4-6-8/h2-7,13H,1H3. The Morgan fingerprint density at radius 2 is 1.84 bits per heavy atom. The molecule has 96 valence electrons. The van der Waals surface area contributed by atoms with Gasteiger partial charge in [-0.1, -0.05) is 30.3 Å². The maximum Gasteiger partial charge on any atom is 0.333 e. The summed E-state index contributed by atoms with van der Waals surface area (Å²) in [6.45, 7) is 0. The summed E-state index contributed by atoms with van der Waals surface area (Å²) in [7, 11) is 1.52. The van der Waals surface area contributed by atoms with Gasteiger partial charge in [-0.3, -0.25) is 0 Å². The van der Waals surface area contributed by atoms with Gasteiger partial charge in [0, 0.05) is 5.56 Å². The molecule has 3 aliphatic heterocycles. The van der Waals surface area contributed by atoms with Crippen molar-refractivity contribution in [2.45, 2.75) is 6.29 Å². The van der Waals surface area contributed by atoms with Gasteiger partial charge in [0.15, 0.2) is 0 Å². The van der Waals surface area contributed by atoms with E-state index in [0.717, 1.165) is 5.56 Å². The molecule has 3 aliphatic rings. The lowest BCUT2D eigenvalue weighted by Gasteiger charge is -2.26. The van der Waals surface area contributed by atoms with Crippen molar-refractivity contribution in [3.05, 3.63) is 71.1 Å². The van der Waals surface area contributed by atoms with Gasteiger partial charge in [0.2, 0.25) is 17.3 Å². The quantitative estimate of drug-likeness (QED) is 0.763. The van der Waals surface area contributed by atoms with E-state index >= 15 is 0 Å². The highest BCUT2D eigenvalue weighted by molar-refractivity contribution is 5.47. The molecule has 5 heteroatoms. The van der Waals surface area contributed by atoms with Crippen LogP contribution >= 0.6 is 0 Å². The van der Waals surface area contributed by atoms with E-state index in [1.165, 1.54) is 13.4 Å². The monoisotopic (exact) mass is 258 g/mol. The molecule has 0 N–H and O–H groups in total. The lowest BCUT2D eigenvalue weighted by molar-refractivity contribution is -0.105. The van der Waals surface area contributed by atoms with Crippen molar-refractivity contribution in [3.8, 4) is 0 Å². The van der Waals surface area contributed by atoms with Gasteiger partial charge in [-0.25, -0.2) is 0 Å². The first-order chi connectivity index (χ1) is 9.36. The molecule has 0 aromatic heterocycles. The van der Waals surface area contributed by atoms with Gasteiger partial charge in [-0.2, -0.15) is 0 Å². The molecule has 0 aliphatic carbocycles. The Bertz CT molecular complexity index is 626. The first kappa shape index (κ1) is 10.4. The third-order valence-corrected chi connectivity index (χ3v) is 2.97. The molecule has 4 rings (SSSR count). The van der Waals surface area contributed by atoms with Crippen LogP contribution < -0.4 is 0 Å². The maximum absolute atomic E-state index is 5.77. The molecule has 0 bridgehead atoms. The SMILES string of the molecule is COC1=C2OC2=C2OC(c3ccccc3)OC=C2O1. The molecule has 1 saturated heterocycles. The maximum atomic E-state index is 5.77. The Morgan fingerprint density at radius 3 is 2.63 bits per heavy atom. The predicted molar refractivity (Wildman–Crippen MR) is 62.7 cm³/mol. The fourth-order valence-electron chi connectivity index (χ4n) is 2.00. The summed E-state index contributed by atoms with van der Waals surface area (Å²) in [6, 6.07) is 9.67. The Kier molecular flexibility index (Phi) is 2.03. The Hall–Kier alpha value is -2.56. The fourth-order valence-corrected chi connectivity index (χ4v) is 2.00. The number of ether oxygens (including phenoxy) is 5. The van der Waals surface area contributed by atoms with Gasteiger partial charge in [-0.05, 0) is 0 Å². The molecular formula is C14H10O5. The number of rotatable bonds is 2. The minimum absolute atomic E-state index is 0.329. The molecule has 1 aromatic carbocycles. The molecule has 1 aromatic rings.